The van der Waals surface area contributed by atoms with Crippen molar-refractivity contribution < 1.29 is 4.39 Å². The lowest BCUT2D eigenvalue weighted by Gasteiger charge is -2.23. The highest BCUT2D eigenvalue weighted by Gasteiger charge is 2.11. The standard InChI is InChI=1S/C14H23FN2/c1-5-10(2)9-17(4)14-7-6-12(11(3)16)8-13(14)15/h6-8,10-11H,5,9,16H2,1-4H3/t10?,11-/m0/s1. The maximum absolute atomic E-state index is 13.9. The number of nitrogens with zero attached hydrogens (tertiary/aromatic N) is 1. The molecule has 0 spiro atoms. The summed E-state index contributed by atoms with van der Waals surface area (Å²) in [6.45, 7) is 7.04. The summed E-state index contributed by atoms with van der Waals surface area (Å²) in [6.07, 6.45) is 1.10. The molecule has 2 N–H and O–H groups in total. The average molecular weight is 238 g/mol. The van der Waals surface area contributed by atoms with Crippen molar-refractivity contribution in [1.82, 2.24) is 0 Å². The molecular weight excluding hydrogens is 215 g/mol. The topological polar surface area (TPSA) is 29.3 Å². The van der Waals surface area contributed by atoms with Crippen molar-refractivity contribution in [2.45, 2.75) is 33.2 Å². The summed E-state index contributed by atoms with van der Waals surface area (Å²) in [6, 6.07) is 5.12. The molecule has 17 heavy (non-hydrogen) atoms. The number of rotatable bonds is 5. The van der Waals surface area contributed by atoms with Gasteiger partial charge < -0.3 is 10.6 Å². The highest BCUT2D eigenvalue weighted by molar-refractivity contribution is 5.48. The fraction of sp³-hybridized carbons (Fsp3) is 0.571. The molecule has 3 heteroatoms. The number of hydrogen-bond acceptors (Lipinski definition) is 2. The predicted molar refractivity (Wildman–Crippen MR) is 71.7 cm³/mol. The van der Waals surface area contributed by atoms with Crippen LogP contribution in [0.4, 0.5) is 10.1 Å². The Morgan fingerprint density at radius 3 is 2.47 bits per heavy atom. The van der Waals surface area contributed by atoms with Gasteiger partial charge in [-0.2, -0.15) is 0 Å². The third-order valence-corrected chi connectivity index (χ3v) is 3.19. The molecule has 0 saturated heterocycles. The van der Waals surface area contributed by atoms with E-state index >= 15 is 0 Å². The van der Waals surface area contributed by atoms with Gasteiger partial charge in [0.25, 0.3) is 0 Å². The molecule has 0 saturated carbocycles. The van der Waals surface area contributed by atoms with E-state index in [-0.39, 0.29) is 11.9 Å². The summed E-state index contributed by atoms with van der Waals surface area (Å²) in [5.74, 6) is 0.373. The van der Waals surface area contributed by atoms with Gasteiger partial charge in [-0.1, -0.05) is 26.3 Å². The van der Waals surface area contributed by atoms with Gasteiger partial charge in [0.05, 0.1) is 5.69 Å². The average Bonchev–Trinajstić information content (AvgIpc) is 2.28. The van der Waals surface area contributed by atoms with Gasteiger partial charge >= 0.3 is 0 Å². The smallest absolute Gasteiger partial charge is 0.146 e. The molecule has 0 fully saturated rings. The minimum Gasteiger partial charge on any atom is -0.372 e. The van der Waals surface area contributed by atoms with Crippen LogP contribution in [0.25, 0.3) is 0 Å². The zero-order valence-corrected chi connectivity index (χ0v) is 11.2. The van der Waals surface area contributed by atoms with E-state index in [9.17, 15) is 4.39 Å². The minimum atomic E-state index is -0.189. The number of anilines is 1. The first-order chi connectivity index (χ1) is 7.95. The Kier molecular flexibility index (Phi) is 4.94. The van der Waals surface area contributed by atoms with E-state index in [0.717, 1.165) is 18.5 Å². The minimum absolute atomic E-state index is 0.126. The van der Waals surface area contributed by atoms with Gasteiger partial charge in [0.2, 0.25) is 0 Å². The molecule has 0 aliphatic heterocycles. The lowest BCUT2D eigenvalue weighted by molar-refractivity contribution is 0.549. The van der Waals surface area contributed by atoms with Crippen molar-refractivity contribution >= 4 is 5.69 Å². The van der Waals surface area contributed by atoms with E-state index in [1.165, 1.54) is 6.07 Å². The second-order valence-electron chi connectivity index (χ2n) is 4.89. The summed E-state index contributed by atoms with van der Waals surface area (Å²) in [7, 11) is 1.93. The van der Waals surface area contributed by atoms with Crippen LogP contribution in [0.5, 0.6) is 0 Å². The molecule has 0 aromatic heterocycles. The molecule has 96 valence electrons. The molecular formula is C14H23FN2. The van der Waals surface area contributed by atoms with Crippen molar-refractivity contribution in [3.05, 3.63) is 29.6 Å². The molecule has 0 bridgehead atoms. The Bertz CT molecular complexity index is 363. The Morgan fingerprint density at radius 2 is 2.00 bits per heavy atom. The maximum atomic E-state index is 13.9. The molecule has 2 atom stereocenters. The number of hydrogen-bond donors (Lipinski definition) is 1. The van der Waals surface area contributed by atoms with Gasteiger partial charge in [0.15, 0.2) is 0 Å². The number of halogens is 1. The van der Waals surface area contributed by atoms with Gasteiger partial charge in [-0.05, 0) is 30.5 Å². The van der Waals surface area contributed by atoms with Crippen molar-refractivity contribution in [2.75, 3.05) is 18.5 Å². The Labute approximate surface area is 104 Å². The largest absolute Gasteiger partial charge is 0.372 e. The zero-order chi connectivity index (χ0) is 13.0. The van der Waals surface area contributed by atoms with Crippen molar-refractivity contribution in [2.24, 2.45) is 11.7 Å². The van der Waals surface area contributed by atoms with E-state index in [0.29, 0.717) is 11.6 Å². The first-order valence-electron chi connectivity index (χ1n) is 6.21. The zero-order valence-electron chi connectivity index (χ0n) is 11.2. The van der Waals surface area contributed by atoms with Crippen LogP contribution >= 0.6 is 0 Å². The first-order valence-corrected chi connectivity index (χ1v) is 6.21. The molecule has 1 rings (SSSR count). The summed E-state index contributed by atoms with van der Waals surface area (Å²) >= 11 is 0. The maximum Gasteiger partial charge on any atom is 0.146 e. The Hall–Kier alpha value is -1.09. The lowest BCUT2D eigenvalue weighted by Crippen LogP contribution is -2.24. The lowest BCUT2D eigenvalue weighted by atomic mass is 10.1. The van der Waals surface area contributed by atoms with Gasteiger partial charge in [-0.25, -0.2) is 4.39 Å². The molecule has 0 radical (unpaired) electrons. The molecule has 0 heterocycles. The SMILES string of the molecule is CCC(C)CN(C)c1ccc([C@H](C)N)cc1F. The van der Waals surface area contributed by atoms with Gasteiger partial charge in [0.1, 0.15) is 5.82 Å². The summed E-state index contributed by atoms with van der Waals surface area (Å²) in [4.78, 5) is 1.97. The van der Waals surface area contributed by atoms with E-state index in [2.05, 4.69) is 13.8 Å². The molecule has 1 aromatic carbocycles. The second-order valence-corrected chi connectivity index (χ2v) is 4.89. The molecule has 2 nitrogen and oxygen atoms in total. The second kappa shape index (κ2) is 6.01. The number of nitrogens with two attached hydrogens (primary N) is 1. The van der Waals surface area contributed by atoms with E-state index < -0.39 is 0 Å². The van der Waals surface area contributed by atoms with Crippen LogP contribution in [0.15, 0.2) is 18.2 Å². The van der Waals surface area contributed by atoms with Crippen molar-refractivity contribution in [1.29, 1.82) is 0 Å². The monoisotopic (exact) mass is 238 g/mol. The molecule has 1 unspecified atom stereocenters. The van der Waals surface area contributed by atoms with Crippen molar-refractivity contribution in [3.63, 3.8) is 0 Å². The summed E-state index contributed by atoms with van der Waals surface area (Å²) in [5, 5.41) is 0. The van der Waals surface area contributed by atoms with Crippen LogP contribution < -0.4 is 10.6 Å². The van der Waals surface area contributed by atoms with Gasteiger partial charge in [-0.3, -0.25) is 0 Å². The molecule has 0 aliphatic rings. The predicted octanol–water partition coefficient (Wildman–Crippen LogP) is 3.33. The summed E-state index contributed by atoms with van der Waals surface area (Å²) in [5.41, 5.74) is 7.21. The van der Waals surface area contributed by atoms with E-state index in [1.54, 1.807) is 0 Å². The normalized spacial score (nSPS) is 14.5. The number of benzene rings is 1. The Morgan fingerprint density at radius 1 is 1.35 bits per heavy atom. The fourth-order valence-corrected chi connectivity index (χ4v) is 1.81. The highest BCUT2D eigenvalue weighted by atomic mass is 19.1. The van der Waals surface area contributed by atoms with Gasteiger partial charge in [-0.15, -0.1) is 0 Å². The van der Waals surface area contributed by atoms with Crippen LogP contribution in [0, 0.1) is 11.7 Å². The first kappa shape index (κ1) is 14.0. The van der Waals surface area contributed by atoms with Gasteiger partial charge in [0, 0.05) is 19.6 Å². The van der Waals surface area contributed by atoms with E-state index in [1.807, 2.05) is 31.0 Å². The highest BCUT2D eigenvalue weighted by Crippen LogP contribution is 2.22. The quantitative estimate of drug-likeness (QED) is 0.852. The van der Waals surface area contributed by atoms with Crippen LogP contribution in [0.3, 0.4) is 0 Å². The van der Waals surface area contributed by atoms with E-state index in [4.69, 9.17) is 5.73 Å². The molecule has 0 aliphatic carbocycles. The van der Waals surface area contributed by atoms with Crippen LogP contribution in [0.2, 0.25) is 0 Å². The summed E-state index contributed by atoms with van der Waals surface area (Å²) < 4.78 is 13.9. The van der Waals surface area contributed by atoms with Crippen LogP contribution in [-0.4, -0.2) is 13.6 Å². The van der Waals surface area contributed by atoms with Crippen LogP contribution in [-0.2, 0) is 0 Å². The van der Waals surface area contributed by atoms with Crippen molar-refractivity contribution in [3.8, 4) is 0 Å². The van der Waals surface area contributed by atoms with Crippen LogP contribution in [0.1, 0.15) is 38.8 Å². The molecule has 0 amide bonds. The Balaban J connectivity index is 2.84. The molecule has 1 aromatic rings. The third kappa shape index (κ3) is 3.70. The third-order valence-electron chi connectivity index (χ3n) is 3.19. The fourth-order valence-electron chi connectivity index (χ4n) is 1.81.